The number of alkyl halides is 3. The summed E-state index contributed by atoms with van der Waals surface area (Å²) >= 11 is 0. The van der Waals surface area contributed by atoms with Crippen LogP contribution in [0.5, 0.6) is 0 Å². The molecule has 0 bridgehead atoms. The minimum absolute atomic E-state index is 0.226. The Labute approximate surface area is 114 Å². The van der Waals surface area contributed by atoms with Gasteiger partial charge in [-0.1, -0.05) is 12.1 Å². The van der Waals surface area contributed by atoms with Crippen LogP contribution < -0.4 is 0 Å². The molecule has 0 saturated heterocycles. The van der Waals surface area contributed by atoms with E-state index in [1.807, 2.05) is 0 Å². The molecule has 0 heterocycles. The van der Waals surface area contributed by atoms with Gasteiger partial charge in [0.05, 0.1) is 16.6 Å². The molecule has 0 radical (unpaired) electrons. The highest BCUT2D eigenvalue weighted by atomic mass is 19.4. The first-order valence-corrected chi connectivity index (χ1v) is 5.51. The summed E-state index contributed by atoms with van der Waals surface area (Å²) in [6.45, 7) is 0. The Balaban J connectivity index is 2.58. The Morgan fingerprint density at radius 1 is 1.00 bits per heavy atom. The van der Waals surface area contributed by atoms with E-state index in [0.717, 1.165) is 18.2 Å². The molecule has 8 heteroatoms. The van der Waals surface area contributed by atoms with E-state index in [2.05, 4.69) is 0 Å². The molecule has 0 aromatic heterocycles. The first kappa shape index (κ1) is 14.9. The molecular weight excluding hydrogens is 297 g/mol. The largest absolute Gasteiger partial charge is 0.416 e. The zero-order chi connectivity index (χ0) is 15.8. The lowest BCUT2D eigenvalue weighted by Crippen LogP contribution is -2.04. The van der Waals surface area contributed by atoms with Crippen molar-refractivity contribution in [2.75, 3.05) is 0 Å². The topological polar surface area (TPSA) is 43.1 Å². The van der Waals surface area contributed by atoms with Crippen LogP contribution in [-0.4, -0.2) is 4.92 Å². The average molecular weight is 303 g/mol. The molecule has 3 nitrogen and oxygen atoms in total. The molecule has 0 unspecified atom stereocenters. The molecule has 0 aliphatic carbocycles. The number of benzene rings is 2. The fourth-order valence-electron chi connectivity index (χ4n) is 1.76. The number of nitro groups is 1. The highest BCUT2D eigenvalue weighted by Crippen LogP contribution is 2.34. The van der Waals surface area contributed by atoms with Gasteiger partial charge in [-0.25, -0.2) is 4.39 Å². The summed E-state index contributed by atoms with van der Waals surface area (Å²) in [6, 6.07) is 4.45. The molecule has 0 fully saturated rings. The van der Waals surface area contributed by atoms with Crippen LogP contribution in [0.25, 0.3) is 11.1 Å². The smallest absolute Gasteiger partial charge is 0.258 e. The second kappa shape index (κ2) is 5.12. The third-order valence-corrected chi connectivity index (χ3v) is 2.73. The van der Waals surface area contributed by atoms with Crippen LogP contribution in [0, 0.1) is 21.7 Å². The lowest BCUT2D eigenvalue weighted by molar-refractivity contribution is -0.387. The average Bonchev–Trinajstić information content (AvgIpc) is 2.40. The van der Waals surface area contributed by atoms with Crippen LogP contribution in [0.2, 0.25) is 0 Å². The number of nitro benzene ring substituents is 1. The predicted octanol–water partition coefficient (Wildman–Crippen LogP) is 4.56. The van der Waals surface area contributed by atoms with Crippen molar-refractivity contribution in [3.8, 4) is 11.1 Å². The molecule has 2 aromatic carbocycles. The molecule has 0 amide bonds. The summed E-state index contributed by atoms with van der Waals surface area (Å²) in [5, 5.41) is 10.5. The van der Waals surface area contributed by atoms with E-state index in [0.29, 0.717) is 18.2 Å². The van der Waals surface area contributed by atoms with Gasteiger partial charge in [0.2, 0.25) is 5.82 Å². The fourth-order valence-corrected chi connectivity index (χ4v) is 1.76. The van der Waals surface area contributed by atoms with Gasteiger partial charge in [0.25, 0.3) is 0 Å². The highest BCUT2D eigenvalue weighted by molar-refractivity contribution is 5.66. The van der Waals surface area contributed by atoms with Crippen molar-refractivity contribution in [2.45, 2.75) is 6.18 Å². The number of hydrogen-bond donors (Lipinski definition) is 0. The SMILES string of the molecule is O=[N+]([O-])c1cc(F)c(-c2cccc(C(F)(F)F)c2)cc1F. The molecule has 110 valence electrons. The van der Waals surface area contributed by atoms with Gasteiger partial charge < -0.3 is 0 Å². The minimum atomic E-state index is -4.63. The van der Waals surface area contributed by atoms with Crippen molar-refractivity contribution < 1.29 is 26.9 Å². The fraction of sp³-hybridized carbons (Fsp3) is 0.0769. The third kappa shape index (κ3) is 2.99. The van der Waals surface area contributed by atoms with Gasteiger partial charge in [0.15, 0.2) is 0 Å². The van der Waals surface area contributed by atoms with Crippen molar-refractivity contribution in [3.63, 3.8) is 0 Å². The van der Waals surface area contributed by atoms with E-state index >= 15 is 0 Å². The monoisotopic (exact) mass is 303 g/mol. The maximum Gasteiger partial charge on any atom is 0.416 e. The molecule has 0 N–H and O–H groups in total. The summed E-state index contributed by atoms with van der Waals surface area (Å²) in [4.78, 5) is 9.34. The van der Waals surface area contributed by atoms with E-state index in [1.54, 1.807) is 0 Å². The standard InChI is InChI=1S/C13H6F5NO2/c14-10-6-12(19(20)21)11(15)5-9(10)7-2-1-3-8(4-7)13(16,17)18/h1-6H. The van der Waals surface area contributed by atoms with Gasteiger partial charge in [-0.15, -0.1) is 0 Å². The maximum atomic E-state index is 13.8. The molecule has 0 atom stereocenters. The van der Waals surface area contributed by atoms with Crippen LogP contribution in [0.15, 0.2) is 36.4 Å². The molecule has 0 aliphatic rings. The van der Waals surface area contributed by atoms with Crippen molar-refractivity contribution in [1.82, 2.24) is 0 Å². The van der Waals surface area contributed by atoms with Gasteiger partial charge in [-0.3, -0.25) is 10.1 Å². The normalized spacial score (nSPS) is 11.5. The van der Waals surface area contributed by atoms with Gasteiger partial charge >= 0.3 is 11.9 Å². The van der Waals surface area contributed by atoms with E-state index in [-0.39, 0.29) is 5.56 Å². The third-order valence-electron chi connectivity index (χ3n) is 2.73. The van der Waals surface area contributed by atoms with Crippen LogP contribution in [0.4, 0.5) is 27.6 Å². The van der Waals surface area contributed by atoms with Crippen LogP contribution in [0.1, 0.15) is 5.56 Å². The zero-order valence-corrected chi connectivity index (χ0v) is 10.1. The Kier molecular flexibility index (Phi) is 3.63. The van der Waals surface area contributed by atoms with Crippen LogP contribution in [-0.2, 0) is 6.18 Å². The van der Waals surface area contributed by atoms with Crippen molar-refractivity contribution >= 4 is 5.69 Å². The van der Waals surface area contributed by atoms with E-state index in [9.17, 15) is 32.1 Å². The van der Waals surface area contributed by atoms with E-state index < -0.39 is 39.5 Å². The quantitative estimate of drug-likeness (QED) is 0.464. The van der Waals surface area contributed by atoms with E-state index in [1.165, 1.54) is 0 Å². The maximum absolute atomic E-state index is 13.8. The molecule has 2 aromatic rings. The summed E-state index contributed by atoms with van der Waals surface area (Å²) in [5.41, 5.74) is -2.82. The molecule has 0 aliphatic heterocycles. The van der Waals surface area contributed by atoms with E-state index in [4.69, 9.17) is 0 Å². The summed E-state index contributed by atoms with van der Waals surface area (Å²) in [7, 11) is 0. The van der Waals surface area contributed by atoms with Crippen molar-refractivity contribution in [3.05, 3.63) is 63.7 Å². The molecular formula is C13H6F5NO2. The highest BCUT2D eigenvalue weighted by Gasteiger charge is 2.31. The minimum Gasteiger partial charge on any atom is -0.258 e. The first-order chi connectivity index (χ1) is 9.70. The Bertz CT molecular complexity index is 712. The zero-order valence-electron chi connectivity index (χ0n) is 10.1. The summed E-state index contributed by atoms with van der Waals surface area (Å²) in [6.07, 6.45) is -4.63. The van der Waals surface area contributed by atoms with Gasteiger partial charge in [-0.05, 0) is 23.8 Å². The van der Waals surface area contributed by atoms with Gasteiger partial charge in [0.1, 0.15) is 5.82 Å². The van der Waals surface area contributed by atoms with Crippen LogP contribution >= 0.6 is 0 Å². The second-order valence-electron chi connectivity index (χ2n) is 4.12. The predicted molar refractivity (Wildman–Crippen MR) is 63.5 cm³/mol. The Morgan fingerprint density at radius 3 is 2.24 bits per heavy atom. The number of nitrogens with zero attached hydrogens (tertiary/aromatic N) is 1. The van der Waals surface area contributed by atoms with Crippen LogP contribution in [0.3, 0.4) is 0 Å². The first-order valence-electron chi connectivity index (χ1n) is 5.51. The van der Waals surface area contributed by atoms with Gasteiger partial charge in [-0.2, -0.15) is 17.6 Å². The Hall–Kier alpha value is -2.51. The Morgan fingerprint density at radius 2 is 1.67 bits per heavy atom. The lowest BCUT2D eigenvalue weighted by Gasteiger charge is -2.09. The van der Waals surface area contributed by atoms with Crippen molar-refractivity contribution in [1.29, 1.82) is 0 Å². The number of hydrogen-bond acceptors (Lipinski definition) is 2. The molecule has 0 saturated carbocycles. The summed E-state index contributed by atoms with van der Waals surface area (Å²) in [5.74, 6) is -2.50. The molecule has 2 rings (SSSR count). The van der Waals surface area contributed by atoms with Gasteiger partial charge in [0, 0.05) is 5.56 Å². The molecule has 21 heavy (non-hydrogen) atoms. The number of halogens is 5. The van der Waals surface area contributed by atoms with Crippen molar-refractivity contribution in [2.24, 2.45) is 0 Å². The molecule has 0 spiro atoms. The number of rotatable bonds is 2. The summed E-state index contributed by atoms with van der Waals surface area (Å²) < 4.78 is 65.0. The second-order valence-corrected chi connectivity index (χ2v) is 4.12. The lowest BCUT2D eigenvalue weighted by atomic mass is 10.0.